The Morgan fingerprint density at radius 3 is 2.22 bits per heavy atom. The third-order valence-electron chi connectivity index (χ3n) is 5.24. The van der Waals surface area contributed by atoms with Gasteiger partial charge < -0.3 is 15.0 Å². The number of aryl methyl sites for hydroxylation is 1. The number of nitrogens with one attached hydrogen (secondary N) is 1. The molecule has 32 heavy (non-hydrogen) atoms. The molecule has 172 valence electrons. The minimum atomic E-state index is -0.642. The maximum atomic E-state index is 12.5. The van der Waals surface area contributed by atoms with E-state index in [1.165, 1.54) is 0 Å². The summed E-state index contributed by atoms with van der Waals surface area (Å²) in [5.74, 6) is -0.554. The van der Waals surface area contributed by atoms with Gasteiger partial charge in [-0.2, -0.15) is 0 Å². The van der Waals surface area contributed by atoms with E-state index in [4.69, 9.17) is 4.74 Å². The first-order valence-corrected chi connectivity index (χ1v) is 10.6. The summed E-state index contributed by atoms with van der Waals surface area (Å²) in [6.07, 6.45) is 0.438. The maximum absolute atomic E-state index is 12.5. The first-order valence-electron chi connectivity index (χ1n) is 10.6. The summed E-state index contributed by atoms with van der Waals surface area (Å²) in [4.78, 5) is 37.3. The van der Waals surface area contributed by atoms with Crippen LogP contribution in [0.4, 0.5) is 5.69 Å². The highest BCUT2D eigenvalue weighted by Gasteiger charge is 2.26. The molecule has 2 aromatic carbocycles. The van der Waals surface area contributed by atoms with Gasteiger partial charge in [-0.25, -0.2) is 0 Å². The third kappa shape index (κ3) is 5.84. The Morgan fingerprint density at radius 1 is 1.06 bits per heavy atom. The summed E-state index contributed by atoms with van der Waals surface area (Å²) >= 11 is 0. The Bertz CT molecular complexity index is 993. The quantitative estimate of drug-likeness (QED) is 0.380. The van der Waals surface area contributed by atoms with Crippen molar-refractivity contribution in [1.29, 1.82) is 0 Å². The predicted octanol–water partition coefficient (Wildman–Crippen LogP) is 3.88. The van der Waals surface area contributed by atoms with E-state index in [0.717, 1.165) is 16.7 Å². The number of nitro groups is 1. The van der Waals surface area contributed by atoms with Gasteiger partial charge in [-0.05, 0) is 69.9 Å². The number of methoxy groups -OCH3 is 1. The van der Waals surface area contributed by atoms with Gasteiger partial charge in [0, 0.05) is 30.3 Å². The maximum Gasteiger partial charge on any atom is 0.312 e. The number of benzene rings is 2. The number of nitro benzene ring substituents is 1. The lowest BCUT2D eigenvalue weighted by atomic mass is 9.99. The molecule has 0 fully saturated rings. The van der Waals surface area contributed by atoms with Gasteiger partial charge in [-0.1, -0.05) is 18.2 Å². The molecular weight excluding hydrogens is 410 g/mol. The van der Waals surface area contributed by atoms with Crippen LogP contribution in [-0.4, -0.2) is 47.4 Å². The monoisotopic (exact) mass is 441 g/mol. The average Bonchev–Trinajstić information content (AvgIpc) is 2.73. The Hall–Kier alpha value is -3.42. The van der Waals surface area contributed by atoms with Crippen molar-refractivity contribution in [1.82, 2.24) is 10.2 Å². The van der Waals surface area contributed by atoms with Crippen LogP contribution in [0.1, 0.15) is 38.8 Å². The molecule has 2 rings (SSSR count). The van der Waals surface area contributed by atoms with Gasteiger partial charge in [0.1, 0.15) is 5.75 Å². The molecule has 0 bridgehead atoms. The third-order valence-corrected chi connectivity index (χ3v) is 5.24. The van der Waals surface area contributed by atoms with Crippen molar-refractivity contribution in [3.05, 3.63) is 57.6 Å². The summed E-state index contributed by atoms with van der Waals surface area (Å²) < 4.78 is 5.43. The number of hydrogen-bond donors (Lipinski definition) is 1. The molecule has 0 saturated carbocycles. The van der Waals surface area contributed by atoms with Gasteiger partial charge >= 0.3 is 11.8 Å². The zero-order valence-electron chi connectivity index (χ0n) is 19.5. The molecule has 2 amide bonds. The second kappa shape index (κ2) is 10.7. The molecule has 1 N–H and O–H groups in total. The van der Waals surface area contributed by atoms with Crippen molar-refractivity contribution < 1.29 is 19.2 Å². The average molecular weight is 442 g/mol. The highest BCUT2D eigenvalue weighted by atomic mass is 16.6. The van der Waals surface area contributed by atoms with Crippen LogP contribution in [0.5, 0.6) is 5.75 Å². The number of carbonyl (C=O) groups is 2. The molecule has 0 spiro atoms. The van der Waals surface area contributed by atoms with Crippen LogP contribution >= 0.6 is 0 Å². The molecule has 8 nitrogen and oxygen atoms in total. The molecule has 0 aliphatic carbocycles. The molecule has 0 aliphatic heterocycles. The van der Waals surface area contributed by atoms with Crippen LogP contribution in [0.3, 0.4) is 0 Å². The van der Waals surface area contributed by atoms with E-state index >= 15 is 0 Å². The van der Waals surface area contributed by atoms with Crippen molar-refractivity contribution in [3.8, 4) is 16.9 Å². The molecule has 8 heteroatoms. The van der Waals surface area contributed by atoms with Crippen molar-refractivity contribution in [3.63, 3.8) is 0 Å². The summed E-state index contributed by atoms with van der Waals surface area (Å²) in [7, 11) is 1.56. The molecule has 0 heterocycles. The van der Waals surface area contributed by atoms with Crippen LogP contribution in [-0.2, 0) is 16.0 Å². The van der Waals surface area contributed by atoms with Crippen molar-refractivity contribution >= 4 is 17.5 Å². The second-order valence-electron chi connectivity index (χ2n) is 8.19. The number of hydrogen-bond acceptors (Lipinski definition) is 5. The van der Waals surface area contributed by atoms with E-state index in [1.54, 1.807) is 37.1 Å². The van der Waals surface area contributed by atoms with Gasteiger partial charge in [-0.15, -0.1) is 0 Å². The fourth-order valence-corrected chi connectivity index (χ4v) is 3.71. The molecule has 2 aromatic rings. The molecule has 0 aliphatic rings. The molecule has 0 unspecified atom stereocenters. The minimum Gasteiger partial charge on any atom is -0.496 e. The van der Waals surface area contributed by atoms with Gasteiger partial charge in [-0.3, -0.25) is 19.7 Å². The van der Waals surface area contributed by atoms with E-state index in [1.807, 2.05) is 45.9 Å². The summed E-state index contributed by atoms with van der Waals surface area (Å²) in [6, 6.07) is 10.5. The predicted molar refractivity (Wildman–Crippen MR) is 124 cm³/mol. The fraction of sp³-hybridized carbons (Fsp3) is 0.417. The summed E-state index contributed by atoms with van der Waals surface area (Å²) in [5, 5.41) is 14.0. The van der Waals surface area contributed by atoms with Crippen molar-refractivity contribution in [2.45, 2.75) is 53.1 Å². The first-order chi connectivity index (χ1) is 15.1. The normalized spacial score (nSPS) is 10.9. The Balaban J connectivity index is 2.17. The van der Waals surface area contributed by atoms with Gasteiger partial charge in [0.25, 0.3) is 5.69 Å². The standard InChI is InChI=1S/C24H31N3O5/c1-15(2)26(16(3)4)24(29)23(28)25-12-11-20-13-18(9-10-22(20)32-6)19-8-7-17(5)21(14-19)27(30)31/h7-10,13-16H,11-12H2,1-6H3,(H,25,28). The number of nitrogens with zero attached hydrogens (tertiary/aromatic N) is 2. The first kappa shape index (κ1) is 24.8. The van der Waals surface area contributed by atoms with Crippen LogP contribution in [0.25, 0.3) is 11.1 Å². The van der Waals surface area contributed by atoms with E-state index in [2.05, 4.69) is 5.32 Å². The lowest BCUT2D eigenvalue weighted by Crippen LogP contribution is -2.49. The largest absolute Gasteiger partial charge is 0.496 e. The van der Waals surface area contributed by atoms with Gasteiger partial charge in [0.2, 0.25) is 0 Å². The van der Waals surface area contributed by atoms with Crippen LogP contribution < -0.4 is 10.1 Å². The van der Waals surface area contributed by atoms with E-state index in [0.29, 0.717) is 17.7 Å². The van der Waals surface area contributed by atoms with Crippen molar-refractivity contribution in [2.75, 3.05) is 13.7 Å². The summed E-state index contributed by atoms with van der Waals surface area (Å²) in [6.45, 7) is 9.44. The fourth-order valence-electron chi connectivity index (χ4n) is 3.71. The number of rotatable bonds is 8. The minimum absolute atomic E-state index is 0.0607. The Labute approximate surface area is 188 Å². The molecule has 0 aromatic heterocycles. The van der Waals surface area contributed by atoms with E-state index in [-0.39, 0.29) is 24.3 Å². The molecule has 0 radical (unpaired) electrons. The smallest absolute Gasteiger partial charge is 0.312 e. The Kier molecular flexibility index (Phi) is 8.34. The van der Waals surface area contributed by atoms with Gasteiger partial charge in [0.15, 0.2) is 0 Å². The lowest BCUT2D eigenvalue weighted by molar-refractivity contribution is -0.385. The molecular formula is C24H31N3O5. The lowest BCUT2D eigenvalue weighted by Gasteiger charge is -2.30. The zero-order chi connectivity index (χ0) is 24.0. The number of ether oxygens (including phenoxy) is 1. The van der Waals surface area contributed by atoms with Crippen LogP contribution in [0.15, 0.2) is 36.4 Å². The van der Waals surface area contributed by atoms with Crippen LogP contribution in [0, 0.1) is 17.0 Å². The molecule has 0 saturated heterocycles. The van der Waals surface area contributed by atoms with Crippen LogP contribution in [0.2, 0.25) is 0 Å². The van der Waals surface area contributed by atoms with Crippen molar-refractivity contribution in [2.24, 2.45) is 0 Å². The number of amides is 2. The SMILES string of the molecule is COc1ccc(-c2ccc(C)c([N+](=O)[O-])c2)cc1CCNC(=O)C(=O)N(C(C)C)C(C)C. The van der Waals surface area contributed by atoms with Gasteiger partial charge in [0.05, 0.1) is 12.0 Å². The zero-order valence-corrected chi connectivity index (χ0v) is 19.5. The summed E-state index contributed by atoms with van der Waals surface area (Å²) in [5.41, 5.74) is 3.00. The number of carbonyl (C=O) groups excluding carboxylic acids is 2. The Morgan fingerprint density at radius 2 is 1.66 bits per heavy atom. The second-order valence-corrected chi connectivity index (χ2v) is 8.19. The van der Waals surface area contributed by atoms with E-state index < -0.39 is 16.7 Å². The highest BCUT2D eigenvalue weighted by molar-refractivity contribution is 6.35. The highest BCUT2D eigenvalue weighted by Crippen LogP contribution is 2.30. The molecule has 0 atom stereocenters. The topological polar surface area (TPSA) is 102 Å². The van der Waals surface area contributed by atoms with E-state index in [9.17, 15) is 19.7 Å².